The van der Waals surface area contributed by atoms with Crippen LogP contribution in [0.5, 0.6) is 0 Å². The van der Waals surface area contributed by atoms with Gasteiger partial charge in [-0.2, -0.15) is 0 Å². The second kappa shape index (κ2) is 2.40. The molecular formula is C6H7ClN2S. The highest BCUT2D eigenvalue weighted by molar-refractivity contribution is 7.14. The van der Waals surface area contributed by atoms with Crippen molar-refractivity contribution in [2.75, 3.05) is 18.0 Å². The zero-order valence-corrected chi connectivity index (χ0v) is 6.95. The van der Waals surface area contributed by atoms with Gasteiger partial charge in [0.15, 0.2) is 4.47 Å². The fraction of sp³-hybridized carbons (Fsp3) is 0.500. The number of anilines is 1. The predicted molar refractivity (Wildman–Crippen MR) is 44.0 cm³/mol. The second-order valence-electron chi connectivity index (χ2n) is 2.30. The van der Waals surface area contributed by atoms with Crippen molar-refractivity contribution in [1.29, 1.82) is 0 Å². The maximum atomic E-state index is 5.67. The van der Waals surface area contributed by atoms with Gasteiger partial charge in [-0.1, -0.05) is 11.6 Å². The topological polar surface area (TPSA) is 16.1 Å². The Bertz CT molecular complexity index is 231. The van der Waals surface area contributed by atoms with Gasteiger partial charge in [0.2, 0.25) is 0 Å². The van der Waals surface area contributed by atoms with Crippen LogP contribution in [0, 0.1) is 0 Å². The van der Waals surface area contributed by atoms with Gasteiger partial charge >= 0.3 is 0 Å². The highest BCUT2D eigenvalue weighted by Gasteiger charge is 2.16. The van der Waals surface area contributed by atoms with E-state index in [9.17, 15) is 0 Å². The van der Waals surface area contributed by atoms with Gasteiger partial charge in [0.1, 0.15) is 5.82 Å². The van der Waals surface area contributed by atoms with E-state index in [1.54, 1.807) is 0 Å². The number of hydrogen-bond donors (Lipinski definition) is 0. The van der Waals surface area contributed by atoms with Gasteiger partial charge in [-0.3, -0.25) is 0 Å². The van der Waals surface area contributed by atoms with Gasteiger partial charge in [0, 0.05) is 18.5 Å². The lowest BCUT2D eigenvalue weighted by molar-refractivity contribution is 0.611. The Morgan fingerprint density at radius 3 is 2.80 bits per heavy atom. The first-order valence-corrected chi connectivity index (χ1v) is 4.48. The summed E-state index contributed by atoms with van der Waals surface area (Å²) in [7, 11) is 0. The van der Waals surface area contributed by atoms with Crippen molar-refractivity contribution in [3.63, 3.8) is 0 Å². The van der Waals surface area contributed by atoms with Crippen LogP contribution in [0.1, 0.15) is 6.42 Å². The van der Waals surface area contributed by atoms with Gasteiger partial charge in [-0.25, -0.2) is 4.98 Å². The fourth-order valence-electron chi connectivity index (χ4n) is 0.935. The Hall–Kier alpha value is -0.280. The fourth-order valence-corrected chi connectivity index (χ4v) is 1.71. The Morgan fingerprint density at radius 1 is 1.60 bits per heavy atom. The van der Waals surface area contributed by atoms with Crippen molar-refractivity contribution in [2.24, 2.45) is 0 Å². The van der Waals surface area contributed by atoms with E-state index >= 15 is 0 Å². The molecule has 2 rings (SSSR count). The van der Waals surface area contributed by atoms with E-state index in [-0.39, 0.29) is 0 Å². The van der Waals surface area contributed by atoms with Crippen LogP contribution >= 0.6 is 22.9 Å². The van der Waals surface area contributed by atoms with Gasteiger partial charge in [-0.15, -0.1) is 11.3 Å². The molecule has 4 heteroatoms. The van der Waals surface area contributed by atoms with E-state index in [1.165, 1.54) is 17.8 Å². The molecule has 54 valence electrons. The predicted octanol–water partition coefficient (Wildman–Crippen LogP) is 2.01. The Balaban J connectivity index is 2.17. The van der Waals surface area contributed by atoms with Crippen LogP contribution < -0.4 is 4.90 Å². The first kappa shape index (κ1) is 6.43. The molecule has 0 N–H and O–H groups in total. The van der Waals surface area contributed by atoms with Crippen LogP contribution in [0.3, 0.4) is 0 Å². The molecule has 0 bridgehead atoms. The monoisotopic (exact) mass is 174 g/mol. The molecular weight excluding hydrogens is 168 g/mol. The van der Waals surface area contributed by atoms with E-state index in [0.29, 0.717) is 4.47 Å². The minimum Gasteiger partial charge on any atom is -0.356 e. The van der Waals surface area contributed by atoms with Crippen molar-refractivity contribution in [2.45, 2.75) is 6.42 Å². The summed E-state index contributed by atoms with van der Waals surface area (Å²) in [5.74, 6) is 1.04. The molecule has 10 heavy (non-hydrogen) atoms. The molecule has 0 aromatic carbocycles. The largest absolute Gasteiger partial charge is 0.356 e. The van der Waals surface area contributed by atoms with Crippen LogP contribution in [0.15, 0.2) is 5.38 Å². The molecule has 2 heterocycles. The first-order valence-electron chi connectivity index (χ1n) is 3.22. The van der Waals surface area contributed by atoms with Crippen molar-refractivity contribution >= 4 is 28.8 Å². The highest BCUT2D eigenvalue weighted by atomic mass is 35.5. The molecule has 0 saturated carbocycles. The summed E-state index contributed by atoms with van der Waals surface area (Å²) in [5.41, 5.74) is 0. The number of aromatic nitrogens is 1. The number of rotatable bonds is 1. The third-order valence-corrected chi connectivity index (χ3v) is 2.61. The molecule has 1 aromatic rings. The van der Waals surface area contributed by atoms with Gasteiger partial charge in [0.25, 0.3) is 0 Å². The van der Waals surface area contributed by atoms with Crippen LogP contribution in [-0.2, 0) is 0 Å². The maximum absolute atomic E-state index is 5.67. The Labute approximate surface area is 68.4 Å². The summed E-state index contributed by atoms with van der Waals surface area (Å²) < 4.78 is 0.641. The molecule has 1 aliphatic rings. The molecule has 0 aliphatic carbocycles. The van der Waals surface area contributed by atoms with Crippen molar-refractivity contribution in [3.8, 4) is 0 Å². The van der Waals surface area contributed by atoms with Crippen molar-refractivity contribution < 1.29 is 0 Å². The number of hydrogen-bond acceptors (Lipinski definition) is 3. The van der Waals surface area contributed by atoms with Gasteiger partial charge < -0.3 is 4.90 Å². The SMILES string of the molecule is Clc1nc(N2CCC2)cs1. The summed E-state index contributed by atoms with van der Waals surface area (Å²) in [5, 5.41) is 2.00. The second-order valence-corrected chi connectivity index (χ2v) is 3.74. The number of nitrogens with zero attached hydrogens (tertiary/aromatic N) is 2. The van der Waals surface area contributed by atoms with Crippen LogP contribution in [0.25, 0.3) is 0 Å². The van der Waals surface area contributed by atoms with E-state index in [1.807, 2.05) is 5.38 Å². The standard InChI is InChI=1S/C6H7ClN2S/c7-6-8-5(4-10-6)9-2-1-3-9/h4H,1-3H2. The molecule has 0 atom stereocenters. The molecule has 1 saturated heterocycles. The molecule has 1 aromatic heterocycles. The summed E-state index contributed by atoms with van der Waals surface area (Å²) >= 11 is 7.16. The van der Waals surface area contributed by atoms with E-state index in [4.69, 9.17) is 11.6 Å². The summed E-state index contributed by atoms with van der Waals surface area (Å²) in [6, 6.07) is 0. The average Bonchev–Trinajstić information content (AvgIpc) is 2.10. The molecule has 1 aliphatic heterocycles. The highest BCUT2D eigenvalue weighted by Crippen LogP contribution is 2.25. The molecule has 0 spiro atoms. The lowest BCUT2D eigenvalue weighted by atomic mass is 10.2. The summed E-state index contributed by atoms with van der Waals surface area (Å²) in [6.45, 7) is 2.28. The first-order chi connectivity index (χ1) is 4.86. The summed E-state index contributed by atoms with van der Waals surface area (Å²) in [6.07, 6.45) is 1.29. The van der Waals surface area contributed by atoms with E-state index < -0.39 is 0 Å². The van der Waals surface area contributed by atoms with Crippen molar-refractivity contribution in [3.05, 3.63) is 9.85 Å². The summed E-state index contributed by atoms with van der Waals surface area (Å²) in [4.78, 5) is 6.37. The van der Waals surface area contributed by atoms with Gasteiger partial charge in [0.05, 0.1) is 0 Å². The average molecular weight is 175 g/mol. The van der Waals surface area contributed by atoms with Crippen LogP contribution in [-0.4, -0.2) is 18.1 Å². The molecule has 2 nitrogen and oxygen atoms in total. The lowest BCUT2D eigenvalue weighted by Crippen LogP contribution is -2.37. The Morgan fingerprint density at radius 2 is 2.40 bits per heavy atom. The zero-order chi connectivity index (χ0) is 6.97. The normalized spacial score (nSPS) is 17.1. The third-order valence-electron chi connectivity index (χ3n) is 1.64. The number of halogens is 1. The lowest BCUT2D eigenvalue weighted by Gasteiger charge is -2.30. The minimum absolute atomic E-state index is 0.641. The van der Waals surface area contributed by atoms with Crippen molar-refractivity contribution in [1.82, 2.24) is 4.98 Å². The third kappa shape index (κ3) is 0.995. The van der Waals surface area contributed by atoms with E-state index in [0.717, 1.165) is 18.9 Å². The number of thiazole rings is 1. The Kier molecular flexibility index (Phi) is 1.54. The van der Waals surface area contributed by atoms with Crippen LogP contribution in [0.4, 0.5) is 5.82 Å². The quantitative estimate of drug-likeness (QED) is 0.648. The van der Waals surface area contributed by atoms with Crippen LogP contribution in [0.2, 0.25) is 4.47 Å². The molecule has 0 amide bonds. The minimum atomic E-state index is 0.641. The molecule has 1 fully saturated rings. The van der Waals surface area contributed by atoms with E-state index in [2.05, 4.69) is 9.88 Å². The van der Waals surface area contributed by atoms with Gasteiger partial charge in [-0.05, 0) is 6.42 Å². The zero-order valence-electron chi connectivity index (χ0n) is 5.38. The molecule has 0 unspecified atom stereocenters. The smallest absolute Gasteiger partial charge is 0.185 e. The maximum Gasteiger partial charge on any atom is 0.185 e. The molecule has 0 radical (unpaired) electrons.